The third-order valence-electron chi connectivity index (χ3n) is 2.45. The van der Waals surface area contributed by atoms with Gasteiger partial charge in [-0.2, -0.15) is 0 Å². The van der Waals surface area contributed by atoms with Gasteiger partial charge in [0.15, 0.2) is 5.78 Å². The number of benzene rings is 2. The highest BCUT2D eigenvalue weighted by atomic mass is 127. The van der Waals surface area contributed by atoms with E-state index in [2.05, 4.69) is 22.6 Å². The molecule has 0 saturated carbocycles. The number of phenols is 1. The summed E-state index contributed by atoms with van der Waals surface area (Å²) in [5.41, 5.74) is 1.28. The summed E-state index contributed by atoms with van der Waals surface area (Å²) in [4.78, 5) is 11.9. The smallest absolute Gasteiger partial charge is 0.189 e. The molecule has 0 saturated heterocycles. The van der Waals surface area contributed by atoms with Crippen molar-refractivity contribution in [3.63, 3.8) is 0 Å². The molecule has 2 aromatic carbocycles. The summed E-state index contributed by atoms with van der Waals surface area (Å²) in [5.74, 6) is -0.183. The molecule has 0 amide bonds. The molecule has 0 radical (unpaired) electrons. The lowest BCUT2D eigenvalue weighted by Gasteiger charge is -2.00. The SMILES string of the molecule is O=C(C=Cc1ccccc1)c1ccc(I)cc1O. The Morgan fingerprint density at radius 3 is 2.50 bits per heavy atom. The molecule has 0 bridgehead atoms. The number of aromatic hydroxyl groups is 1. The average Bonchev–Trinajstić information content (AvgIpc) is 2.37. The van der Waals surface area contributed by atoms with E-state index < -0.39 is 0 Å². The Bertz CT molecular complexity index is 589. The molecule has 0 unspecified atom stereocenters. The van der Waals surface area contributed by atoms with Gasteiger partial charge >= 0.3 is 0 Å². The number of allylic oxidation sites excluding steroid dienone is 1. The van der Waals surface area contributed by atoms with E-state index in [0.717, 1.165) is 9.13 Å². The highest BCUT2D eigenvalue weighted by Crippen LogP contribution is 2.21. The first-order chi connectivity index (χ1) is 8.66. The molecule has 2 aromatic rings. The van der Waals surface area contributed by atoms with Crippen LogP contribution in [0.3, 0.4) is 0 Å². The van der Waals surface area contributed by atoms with E-state index in [9.17, 15) is 9.90 Å². The van der Waals surface area contributed by atoms with E-state index in [1.807, 2.05) is 30.3 Å². The maximum absolute atomic E-state index is 11.9. The zero-order valence-corrected chi connectivity index (χ0v) is 11.7. The summed E-state index contributed by atoms with van der Waals surface area (Å²) in [6.07, 6.45) is 3.21. The van der Waals surface area contributed by atoms with Crippen LogP contribution < -0.4 is 0 Å². The largest absolute Gasteiger partial charge is 0.507 e. The van der Waals surface area contributed by atoms with Crippen molar-refractivity contribution in [2.45, 2.75) is 0 Å². The predicted molar refractivity (Wildman–Crippen MR) is 80.6 cm³/mol. The van der Waals surface area contributed by atoms with Crippen LogP contribution in [0.4, 0.5) is 0 Å². The summed E-state index contributed by atoms with van der Waals surface area (Å²) in [5, 5.41) is 9.70. The Kier molecular flexibility index (Phi) is 4.15. The van der Waals surface area contributed by atoms with Crippen LogP contribution in [-0.4, -0.2) is 10.9 Å². The number of hydrogen-bond donors (Lipinski definition) is 1. The molecular weight excluding hydrogens is 339 g/mol. The standard InChI is InChI=1S/C15H11IO2/c16-12-7-8-13(15(18)10-12)14(17)9-6-11-4-2-1-3-5-11/h1-10,18H. The van der Waals surface area contributed by atoms with Gasteiger partial charge in [-0.25, -0.2) is 0 Å². The van der Waals surface area contributed by atoms with Gasteiger partial charge in [-0.05, 0) is 52.4 Å². The van der Waals surface area contributed by atoms with Gasteiger partial charge in [0.1, 0.15) is 5.75 Å². The van der Waals surface area contributed by atoms with Gasteiger partial charge in [0.2, 0.25) is 0 Å². The molecule has 2 rings (SSSR count). The quantitative estimate of drug-likeness (QED) is 0.518. The Labute approximate surface area is 119 Å². The second-order valence-corrected chi connectivity index (χ2v) is 5.02. The van der Waals surface area contributed by atoms with Crippen LogP contribution in [-0.2, 0) is 0 Å². The van der Waals surface area contributed by atoms with E-state index in [1.165, 1.54) is 6.08 Å². The van der Waals surface area contributed by atoms with Crippen molar-refractivity contribution < 1.29 is 9.90 Å². The van der Waals surface area contributed by atoms with Gasteiger partial charge in [0, 0.05) is 3.57 Å². The minimum absolute atomic E-state index is 0.0182. The molecule has 0 atom stereocenters. The Morgan fingerprint density at radius 1 is 1.11 bits per heavy atom. The van der Waals surface area contributed by atoms with Crippen molar-refractivity contribution in [3.8, 4) is 5.75 Å². The molecule has 0 fully saturated rings. The summed E-state index contributed by atoms with van der Waals surface area (Å²) in [7, 11) is 0. The first kappa shape index (κ1) is 12.8. The predicted octanol–water partition coefficient (Wildman–Crippen LogP) is 3.89. The van der Waals surface area contributed by atoms with Gasteiger partial charge in [-0.1, -0.05) is 36.4 Å². The van der Waals surface area contributed by atoms with E-state index in [0.29, 0.717) is 5.56 Å². The molecule has 90 valence electrons. The van der Waals surface area contributed by atoms with Crippen molar-refractivity contribution in [2.75, 3.05) is 0 Å². The minimum atomic E-state index is -0.201. The second kappa shape index (κ2) is 5.82. The molecule has 0 aliphatic rings. The summed E-state index contributed by atoms with van der Waals surface area (Å²) >= 11 is 2.09. The average molecular weight is 350 g/mol. The van der Waals surface area contributed by atoms with Crippen LogP contribution >= 0.6 is 22.6 Å². The van der Waals surface area contributed by atoms with Crippen LogP contribution in [0.15, 0.2) is 54.6 Å². The molecule has 0 aromatic heterocycles. The van der Waals surface area contributed by atoms with Gasteiger partial charge < -0.3 is 5.11 Å². The van der Waals surface area contributed by atoms with E-state index in [4.69, 9.17) is 0 Å². The maximum Gasteiger partial charge on any atom is 0.189 e. The number of rotatable bonds is 3. The molecule has 2 nitrogen and oxygen atoms in total. The van der Waals surface area contributed by atoms with Crippen LogP contribution in [0.25, 0.3) is 6.08 Å². The van der Waals surface area contributed by atoms with E-state index in [-0.39, 0.29) is 11.5 Å². The van der Waals surface area contributed by atoms with Crippen LogP contribution in [0, 0.1) is 3.57 Å². The number of carbonyl (C=O) groups is 1. The van der Waals surface area contributed by atoms with Crippen molar-refractivity contribution in [3.05, 3.63) is 69.3 Å². The lowest BCUT2D eigenvalue weighted by Crippen LogP contribution is -1.95. The Morgan fingerprint density at radius 2 is 1.83 bits per heavy atom. The zero-order chi connectivity index (χ0) is 13.0. The van der Waals surface area contributed by atoms with Crippen molar-refractivity contribution in [1.82, 2.24) is 0 Å². The number of carbonyl (C=O) groups excluding carboxylic acids is 1. The van der Waals surface area contributed by atoms with Crippen molar-refractivity contribution in [2.24, 2.45) is 0 Å². The third kappa shape index (κ3) is 3.20. The fourth-order valence-corrected chi connectivity index (χ4v) is 2.01. The second-order valence-electron chi connectivity index (χ2n) is 3.77. The highest BCUT2D eigenvalue weighted by Gasteiger charge is 2.07. The van der Waals surface area contributed by atoms with Crippen LogP contribution in [0.5, 0.6) is 5.75 Å². The number of halogens is 1. The lowest BCUT2D eigenvalue weighted by atomic mass is 10.1. The van der Waals surface area contributed by atoms with E-state index >= 15 is 0 Å². The summed E-state index contributed by atoms with van der Waals surface area (Å²) in [6, 6.07) is 14.6. The molecule has 0 heterocycles. The summed E-state index contributed by atoms with van der Waals surface area (Å²) < 4.78 is 0.897. The minimum Gasteiger partial charge on any atom is -0.507 e. The molecule has 0 spiro atoms. The molecule has 1 N–H and O–H groups in total. The first-order valence-corrected chi connectivity index (χ1v) is 6.50. The fraction of sp³-hybridized carbons (Fsp3) is 0. The molecule has 0 aliphatic heterocycles. The van der Waals surface area contributed by atoms with Crippen LogP contribution in [0.1, 0.15) is 15.9 Å². The van der Waals surface area contributed by atoms with E-state index in [1.54, 1.807) is 24.3 Å². The first-order valence-electron chi connectivity index (χ1n) is 5.43. The van der Waals surface area contributed by atoms with Gasteiger partial charge in [-0.15, -0.1) is 0 Å². The topological polar surface area (TPSA) is 37.3 Å². The fourth-order valence-electron chi connectivity index (χ4n) is 1.54. The zero-order valence-electron chi connectivity index (χ0n) is 9.51. The lowest BCUT2D eigenvalue weighted by molar-refractivity contribution is 0.104. The number of phenolic OH excluding ortho intramolecular Hbond substituents is 1. The monoisotopic (exact) mass is 350 g/mol. The maximum atomic E-state index is 11.9. The number of hydrogen-bond acceptors (Lipinski definition) is 2. The highest BCUT2D eigenvalue weighted by molar-refractivity contribution is 14.1. The van der Waals surface area contributed by atoms with Crippen LogP contribution in [0.2, 0.25) is 0 Å². The third-order valence-corrected chi connectivity index (χ3v) is 3.12. The van der Waals surface area contributed by atoms with Crippen molar-refractivity contribution >= 4 is 34.5 Å². The molecule has 0 aliphatic carbocycles. The van der Waals surface area contributed by atoms with Crippen molar-refractivity contribution in [1.29, 1.82) is 0 Å². The van der Waals surface area contributed by atoms with Gasteiger partial charge in [-0.3, -0.25) is 4.79 Å². The normalized spacial score (nSPS) is 10.7. The van der Waals surface area contributed by atoms with Gasteiger partial charge in [0.05, 0.1) is 5.56 Å². The summed E-state index contributed by atoms with van der Waals surface area (Å²) in [6.45, 7) is 0. The van der Waals surface area contributed by atoms with Gasteiger partial charge in [0.25, 0.3) is 0 Å². The Balaban J connectivity index is 2.20. The molecule has 3 heteroatoms. The Hall–Kier alpha value is -1.62. The molecule has 18 heavy (non-hydrogen) atoms. The number of ketones is 1. The molecular formula is C15H11IO2.